The molecule has 1 fully saturated rings. The number of rotatable bonds is 7. The SMILES string of the molecule is CCN1CCCC1CNC(=NCC(=O)N(C)C)NC(C)c1ccc(C)c(F)c1.I. The molecule has 0 radical (unpaired) electrons. The molecule has 0 saturated carbocycles. The number of aryl methyl sites for hydroxylation is 1. The molecule has 2 N–H and O–H groups in total. The van der Waals surface area contributed by atoms with E-state index in [2.05, 4.69) is 27.4 Å². The van der Waals surface area contributed by atoms with E-state index in [0.29, 0.717) is 17.6 Å². The summed E-state index contributed by atoms with van der Waals surface area (Å²) < 4.78 is 13.9. The molecule has 1 aliphatic heterocycles. The first-order valence-corrected chi connectivity index (χ1v) is 10.1. The predicted molar refractivity (Wildman–Crippen MR) is 127 cm³/mol. The molecule has 1 aromatic rings. The lowest BCUT2D eigenvalue weighted by atomic mass is 10.1. The highest BCUT2D eigenvalue weighted by Gasteiger charge is 2.23. The molecule has 0 bridgehead atoms. The molecule has 1 saturated heterocycles. The number of benzene rings is 1. The second-order valence-electron chi connectivity index (χ2n) is 7.63. The van der Waals surface area contributed by atoms with Crippen LogP contribution >= 0.6 is 24.0 Å². The van der Waals surface area contributed by atoms with Crippen molar-refractivity contribution in [2.24, 2.45) is 4.99 Å². The van der Waals surface area contributed by atoms with Crippen molar-refractivity contribution in [3.8, 4) is 0 Å². The lowest BCUT2D eigenvalue weighted by Crippen LogP contribution is -2.46. The van der Waals surface area contributed by atoms with Crippen LogP contribution < -0.4 is 10.6 Å². The van der Waals surface area contributed by atoms with Gasteiger partial charge in [0.25, 0.3) is 0 Å². The molecule has 1 amide bonds. The quantitative estimate of drug-likeness (QED) is 0.331. The molecule has 0 aromatic heterocycles. The van der Waals surface area contributed by atoms with Crippen LogP contribution in [-0.2, 0) is 4.79 Å². The number of aliphatic imine (C=N–C) groups is 1. The summed E-state index contributed by atoms with van der Waals surface area (Å²) in [4.78, 5) is 20.4. The Morgan fingerprint density at radius 2 is 2.14 bits per heavy atom. The van der Waals surface area contributed by atoms with Crippen LogP contribution in [-0.4, -0.2) is 68.0 Å². The van der Waals surface area contributed by atoms with E-state index in [-0.39, 0.29) is 48.3 Å². The number of carbonyl (C=O) groups excluding carboxylic acids is 1. The second-order valence-corrected chi connectivity index (χ2v) is 7.63. The summed E-state index contributed by atoms with van der Waals surface area (Å²) in [5.74, 6) is 0.294. The summed E-state index contributed by atoms with van der Waals surface area (Å²) in [5.41, 5.74) is 1.47. The van der Waals surface area contributed by atoms with Crippen molar-refractivity contribution in [2.45, 2.75) is 45.7 Å². The van der Waals surface area contributed by atoms with Gasteiger partial charge in [-0.05, 0) is 57.0 Å². The molecule has 164 valence electrons. The summed E-state index contributed by atoms with van der Waals surface area (Å²) in [7, 11) is 3.43. The maximum absolute atomic E-state index is 13.9. The summed E-state index contributed by atoms with van der Waals surface area (Å²) >= 11 is 0. The number of nitrogens with one attached hydrogen (secondary N) is 2. The maximum Gasteiger partial charge on any atom is 0.243 e. The lowest BCUT2D eigenvalue weighted by molar-refractivity contribution is -0.127. The zero-order valence-corrected chi connectivity index (χ0v) is 20.5. The second kappa shape index (κ2) is 12.3. The Balaban J connectivity index is 0.00000420. The fourth-order valence-electron chi connectivity index (χ4n) is 3.36. The van der Waals surface area contributed by atoms with E-state index >= 15 is 0 Å². The maximum atomic E-state index is 13.9. The summed E-state index contributed by atoms with van der Waals surface area (Å²) in [5, 5.41) is 6.69. The minimum atomic E-state index is -0.218. The Bertz CT molecular complexity index is 698. The molecular weight excluding hydrogens is 484 g/mol. The number of likely N-dealkylation sites (N-methyl/N-ethyl adjacent to an activating group) is 2. The zero-order chi connectivity index (χ0) is 20.7. The predicted octanol–water partition coefficient (Wildman–Crippen LogP) is 2.92. The minimum absolute atomic E-state index is 0. The summed E-state index contributed by atoms with van der Waals surface area (Å²) in [6.45, 7) is 8.88. The Labute approximate surface area is 191 Å². The molecule has 6 nitrogen and oxygen atoms in total. The van der Waals surface area contributed by atoms with Gasteiger partial charge >= 0.3 is 0 Å². The zero-order valence-electron chi connectivity index (χ0n) is 18.2. The van der Waals surface area contributed by atoms with Gasteiger partial charge in [0.15, 0.2) is 5.96 Å². The van der Waals surface area contributed by atoms with Gasteiger partial charge in [0.2, 0.25) is 5.91 Å². The molecule has 1 aromatic carbocycles. The third kappa shape index (κ3) is 7.73. The average molecular weight is 519 g/mol. The standard InChI is InChI=1S/C21H34FN5O.HI/c1-6-27-11-7-8-18(27)13-23-21(24-14-20(28)26(4)5)25-16(3)17-10-9-15(2)19(22)12-17;/h9-10,12,16,18H,6-8,11,13-14H2,1-5H3,(H2,23,24,25);1H. The van der Waals surface area contributed by atoms with E-state index in [9.17, 15) is 9.18 Å². The first kappa shape index (κ1) is 25.6. The summed E-state index contributed by atoms with van der Waals surface area (Å²) in [6, 6.07) is 5.57. The van der Waals surface area contributed by atoms with Crippen molar-refractivity contribution in [1.82, 2.24) is 20.4 Å². The fourth-order valence-corrected chi connectivity index (χ4v) is 3.36. The first-order chi connectivity index (χ1) is 13.3. The molecule has 1 aliphatic rings. The number of hydrogen-bond donors (Lipinski definition) is 2. The van der Waals surface area contributed by atoms with Gasteiger partial charge in [-0.25, -0.2) is 9.38 Å². The number of halogens is 2. The number of guanidine groups is 1. The minimum Gasteiger partial charge on any atom is -0.355 e. The third-order valence-electron chi connectivity index (χ3n) is 5.33. The van der Waals surface area contributed by atoms with Crippen molar-refractivity contribution in [3.05, 3.63) is 35.1 Å². The van der Waals surface area contributed by atoms with Crippen LogP contribution in [0.1, 0.15) is 43.9 Å². The lowest BCUT2D eigenvalue weighted by Gasteiger charge is -2.25. The van der Waals surface area contributed by atoms with E-state index in [0.717, 1.165) is 31.6 Å². The van der Waals surface area contributed by atoms with E-state index in [1.807, 2.05) is 13.0 Å². The van der Waals surface area contributed by atoms with Gasteiger partial charge in [0, 0.05) is 26.7 Å². The molecule has 2 rings (SSSR count). The van der Waals surface area contributed by atoms with Gasteiger partial charge in [-0.2, -0.15) is 0 Å². The highest BCUT2D eigenvalue weighted by molar-refractivity contribution is 14.0. The van der Waals surface area contributed by atoms with Crippen LogP contribution in [0.3, 0.4) is 0 Å². The molecule has 2 unspecified atom stereocenters. The van der Waals surface area contributed by atoms with Crippen molar-refractivity contribution in [1.29, 1.82) is 0 Å². The van der Waals surface area contributed by atoms with Crippen molar-refractivity contribution in [2.75, 3.05) is 40.3 Å². The number of carbonyl (C=O) groups is 1. The van der Waals surface area contributed by atoms with Crippen LogP contribution in [0, 0.1) is 12.7 Å². The highest BCUT2D eigenvalue weighted by Crippen LogP contribution is 2.17. The molecule has 0 aliphatic carbocycles. The van der Waals surface area contributed by atoms with Crippen molar-refractivity contribution in [3.63, 3.8) is 0 Å². The van der Waals surface area contributed by atoms with E-state index in [1.165, 1.54) is 11.3 Å². The number of amides is 1. The van der Waals surface area contributed by atoms with Crippen LogP contribution in [0.2, 0.25) is 0 Å². The Kier molecular flexibility index (Phi) is 10.9. The highest BCUT2D eigenvalue weighted by atomic mass is 127. The largest absolute Gasteiger partial charge is 0.355 e. The van der Waals surface area contributed by atoms with Gasteiger partial charge in [0.1, 0.15) is 12.4 Å². The number of nitrogens with zero attached hydrogens (tertiary/aromatic N) is 3. The van der Waals surface area contributed by atoms with Crippen LogP contribution in [0.5, 0.6) is 0 Å². The van der Waals surface area contributed by atoms with E-state index < -0.39 is 0 Å². The van der Waals surface area contributed by atoms with Crippen LogP contribution in [0.25, 0.3) is 0 Å². The van der Waals surface area contributed by atoms with E-state index in [1.54, 1.807) is 33.2 Å². The average Bonchev–Trinajstić information content (AvgIpc) is 3.13. The van der Waals surface area contributed by atoms with E-state index in [4.69, 9.17) is 0 Å². The molecule has 8 heteroatoms. The van der Waals surface area contributed by atoms with Gasteiger partial charge in [-0.3, -0.25) is 9.69 Å². The molecule has 0 spiro atoms. The van der Waals surface area contributed by atoms with Crippen LogP contribution in [0.4, 0.5) is 4.39 Å². The number of hydrogen-bond acceptors (Lipinski definition) is 3. The Morgan fingerprint density at radius 3 is 2.76 bits per heavy atom. The van der Waals surface area contributed by atoms with Crippen molar-refractivity contribution < 1.29 is 9.18 Å². The first-order valence-electron chi connectivity index (χ1n) is 10.1. The van der Waals surface area contributed by atoms with Crippen LogP contribution in [0.15, 0.2) is 23.2 Å². The Morgan fingerprint density at radius 1 is 1.41 bits per heavy atom. The third-order valence-corrected chi connectivity index (χ3v) is 5.33. The molecular formula is C21H35FIN5O. The van der Waals surface area contributed by atoms with Gasteiger partial charge in [0.05, 0.1) is 6.04 Å². The topological polar surface area (TPSA) is 60.0 Å². The normalized spacial score (nSPS) is 18.1. The summed E-state index contributed by atoms with van der Waals surface area (Å²) in [6.07, 6.45) is 2.36. The van der Waals surface area contributed by atoms with Gasteiger partial charge in [-0.1, -0.05) is 19.1 Å². The van der Waals surface area contributed by atoms with Gasteiger partial charge in [-0.15, -0.1) is 24.0 Å². The molecule has 29 heavy (non-hydrogen) atoms. The molecule has 2 atom stereocenters. The Hall–Kier alpha value is -1.42. The monoisotopic (exact) mass is 519 g/mol. The van der Waals surface area contributed by atoms with Crippen molar-refractivity contribution >= 4 is 35.8 Å². The smallest absolute Gasteiger partial charge is 0.243 e. The molecule has 1 heterocycles. The number of likely N-dealkylation sites (tertiary alicyclic amines) is 1. The van der Waals surface area contributed by atoms with Gasteiger partial charge < -0.3 is 15.5 Å². The fraction of sp³-hybridized carbons (Fsp3) is 0.619.